The summed E-state index contributed by atoms with van der Waals surface area (Å²) in [5, 5.41) is 0. The van der Waals surface area contributed by atoms with Gasteiger partial charge in [0.1, 0.15) is 5.60 Å². The quantitative estimate of drug-likeness (QED) is 0.253. The van der Waals surface area contributed by atoms with Crippen LogP contribution in [0.15, 0.2) is 0 Å². The van der Waals surface area contributed by atoms with Crippen molar-refractivity contribution in [3.8, 4) is 0 Å². The van der Waals surface area contributed by atoms with Crippen LogP contribution >= 0.6 is 0 Å². The molecule has 3 aliphatic carbocycles. The first kappa shape index (κ1) is 30.8. The van der Waals surface area contributed by atoms with Gasteiger partial charge in [-0.2, -0.15) is 0 Å². The van der Waals surface area contributed by atoms with Crippen LogP contribution in [0.3, 0.4) is 0 Å². The fourth-order valence-electron chi connectivity index (χ4n) is 7.27. The average molecular weight is 566 g/mol. The first-order valence-electron chi connectivity index (χ1n) is 14.9. The first-order chi connectivity index (χ1) is 18.4. The van der Waals surface area contributed by atoms with Gasteiger partial charge in [0.05, 0.1) is 18.4 Å². The van der Waals surface area contributed by atoms with Crippen molar-refractivity contribution in [1.29, 1.82) is 0 Å². The zero-order chi connectivity index (χ0) is 29.8. The van der Waals surface area contributed by atoms with Crippen LogP contribution in [0, 0.1) is 40.9 Å². The zero-order valence-electron chi connectivity index (χ0n) is 24.8. The Hall–Kier alpha value is -2.19. The van der Waals surface area contributed by atoms with E-state index in [2.05, 4.69) is 13.8 Å². The lowest BCUT2D eigenvalue weighted by atomic mass is 9.76. The highest BCUT2D eigenvalue weighted by molar-refractivity contribution is 6.37. The number of ketones is 3. The molecule has 1 saturated heterocycles. The summed E-state index contributed by atoms with van der Waals surface area (Å²) in [5.74, 6) is -6.61. The fourth-order valence-corrected chi connectivity index (χ4v) is 7.27. The van der Waals surface area contributed by atoms with Crippen LogP contribution in [-0.4, -0.2) is 58.2 Å². The van der Waals surface area contributed by atoms with Gasteiger partial charge in [-0.15, -0.1) is 0 Å². The summed E-state index contributed by atoms with van der Waals surface area (Å²) in [4.78, 5) is 67.1. The van der Waals surface area contributed by atoms with Gasteiger partial charge in [-0.05, 0) is 69.1 Å². The summed E-state index contributed by atoms with van der Waals surface area (Å²) < 4.78 is 33.5. The molecular weight excluding hydrogens is 520 g/mol. The number of nitrogens with zero attached hydrogens (tertiary/aromatic N) is 1. The van der Waals surface area contributed by atoms with E-state index in [-0.39, 0.29) is 67.5 Å². The Kier molecular flexibility index (Phi) is 8.38. The Morgan fingerprint density at radius 1 is 0.975 bits per heavy atom. The number of piperidine rings is 1. The topological polar surface area (TPSA) is 97.8 Å². The Bertz CT molecular complexity index is 1050. The van der Waals surface area contributed by atoms with Crippen LogP contribution in [0.1, 0.15) is 99.3 Å². The van der Waals surface area contributed by atoms with E-state index in [4.69, 9.17) is 4.74 Å². The third-order valence-corrected chi connectivity index (χ3v) is 9.76. The van der Waals surface area contributed by atoms with Crippen LogP contribution < -0.4 is 0 Å². The molecule has 0 spiro atoms. The molecule has 0 radical (unpaired) electrons. The van der Waals surface area contributed by atoms with Crippen LogP contribution in [0.2, 0.25) is 0 Å². The van der Waals surface area contributed by atoms with Gasteiger partial charge in [0.15, 0.2) is 11.6 Å². The van der Waals surface area contributed by atoms with Crippen molar-refractivity contribution >= 4 is 29.2 Å². The van der Waals surface area contributed by atoms with Gasteiger partial charge in [0.25, 0.3) is 0 Å². The van der Waals surface area contributed by atoms with E-state index in [1.54, 1.807) is 25.7 Å². The number of hydrogen-bond acceptors (Lipinski definition) is 6. The number of alkyl halides is 2. The molecule has 1 heterocycles. The molecule has 4 fully saturated rings. The van der Waals surface area contributed by atoms with Crippen molar-refractivity contribution in [2.45, 2.75) is 117 Å². The number of fused-ring (bicyclic) bond motifs is 1. The average Bonchev–Trinajstić information content (AvgIpc) is 3.67. The van der Waals surface area contributed by atoms with E-state index in [0.717, 1.165) is 12.8 Å². The molecule has 0 N–H and O–H groups in total. The van der Waals surface area contributed by atoms with Gasteiger partial charge in [-0.25, -0.2) is 8.78 Å². The van der Waals surface area contributed by atoms with Crippen LogP contribution in [0.25, 0.3) is 0 Å². The number of amides is 1. The lowest BCUT2D eigenvalue weighted by molar-refractivity contribution is -0.161. The second-order valence-corrected chi connectivity index (χ2v) is 14.4. The molecule has 0 aromatic carbocycles. The van der Waals surface area contributed by atoms with Crippen LogP contribution in [0.5, 0.6) is 0 Å². The predicted octanol–water partition coefficient (Wildman–Crippen LogP) is 5.18. The van der Waals surface area contributed by atoms with Crippen molar-refractivity contribution in [1.82, 2.24) is 4.90 Å². The van der Waals surface area contributed by atoms with Gasteiger partial charge in [-0.3, -0.25) is 24.0 Å². The van der Waals surface area contributed by atoms with Gasteiger partial charge in [-0.1, -0.05) is 26.7 Å². The second-order valence-electron chi connectivity index (χ2n) is 14.4. The fraction of sp³-hybridized carbons (Fsp3) is 0.839. The molecule has 4 rings (SSSR count). The monoisotopic (exact) mass is 565 g/mol. The summed E-state index contributed by atoms with van der Waals surface area (Å²) in [5.41, 5.74) is -0.914. The summed E-state index contributed by atoms with van der Waals surface area (Å²) in [6.45, 7) is 10.9. The molecular formula is C31H45F2NO6. The molecule has 224 valence electrons. The third-order valence-electron chi connectivity index (χ3n) is 9.76. The van der Waals surface area contributed by atoms with E-state index >= 15 is 0 Å². The van der Waals surface area contributed by atoms with Crippen LogP contribution in [-0.2, 0) is 28.7 Å². The minimum atomic E-state index is -2.78. The number of esters is 1. The molecule has 1 amide bonds. The standard InChI is InChI=1S/C31H45F2NO6/c1-17(35)27(38)20(13-18-7-8-18)14-23(36)26-25-22(30(25,5)6)16-34(26)28(39)21(15-24(37)40-29(2,3)4)19-9-11-31(32,33)12-10-19/h18-22,25-26H,7-16H2,1-6H3/t20?,21-,22?,25-,26+/m0/s1. The van der Waals surface area contributed by atoms with E-state index in [9.17, 15) is 32.8 Å². The lowest BCUT2D eigenvalue weighted by Crippen LogP contribution is -2.50. The van der Waals surface area contributed by atoms with Gasteiger partial charge in [0, 0.05) is 38.6 Å². The highest BCUT2D eigenvalue weighted by Crippen LogP contribution is 2.65. The number of likely N-dealkylation sites (tertiary alicyclic amines) is 1. The number of ether oxygens (including phenoxy) is 1. The maximum Gasteiger partial charge on any atom is 0.307 e. The predicted molar refractivity (Wildman–Crippen MR) is 143 cm³/mol. The number of rotatable bonds is 11. The molecule has 9 heteroatoms. The number of carbonyl (C=O) groups is 5. The van der Waals surface area contributed by atoms with Crippen molar-refractivity contribution < 1.29 is 37.5 Å². The molecule has 7 nitrogen and oxygen atoms in total. The highest BCUT2D eigenvalue weighted by atomic mass is 19.3. The maximum atomic E-state index is 14.2. The molecule has 40 heavy (non-hydrogen) atoms. The third kappa shape index (κ3) is 6.81. The minimum Gasteiger partial charge on any atom is -0.460 e. The molecule has 1 aliphatic heterocycles. The van der Waals surface area contributed by atoms with Crippen molar-refractivity contribution in [3.05, 3.63) is 0 Å². The summed E-state index contributed by atoms with van der Waals surface area (Å²) in [6.07, 6.45) is 1.70. The molecule has 5 atom stereocenters. The Labute approximate surface area is 236 Å². The normalized spacial score (nSPS) is 28.8. The summed E-state index contributed by atoms with van der Waals surface area (Å²) >= 11 is 0. The number of halogens is 2. The van der Waals surface area contributed by atoms with Crippen molar-refractivity contribution in [2.24, 2.45) is 40.9 Å². The summed E-state index contributed by atoms with van der Waals surface area (Å²) in [7, 11) is 0. The SMILES string of the molecule is CC(=O)C(=O)C(CC(=O)[C@@H]1[C@@H]2C(CN1C(=O)[C@@H](CC(=O)OC(C)(C)C)C1CCC(F)(F)CC1)C2(C)C)CC1CC1. The number of hydrogen-bond donors (Lipinski definition) is 0. The summed E-state index contributed by atoms with van der Waals surface area (Å²) in [6, 6.07) is -0.750. The first-order valence-corrected chi connectivity index (χ1v) is 14.9. The van der Waals surface area contributed by atoms with Crippen LogP contribution in [0.4, 0.5) is 8.78 Å². The number of carbonyl (C=O) groups excluding carboxylic acids is 5. The highest BCUT2D eigenvalue weighted by Gasteiger charge is 2.69. The smallest absolute Gasteiger partial charge is 0.307 e. The minimum absolute atomic E-state index is 0.0733. The molecule has 0 aromatic heterocycles. The Morgan fingerprint density at radius 2 is 1.57 bits per heavy atom. The maximum absolute atomic E-state index is 14.2. The molecule has 4 aliphatic rings. The van der Waals surface area contributed by atoms with Gasteiger partial charge < -0.3 is 9.64 Å². The van der Waals surface area contributed by atoms with E-state index in [0.29, 0.717) is 18.9 Å². The Morgan fingerprint density at radius 3 is 2.10 bits per heavy atom. The molecule has 0 bridgehead atoms. The van der Waals surface area contributed by atoms with E-state index in [1.165, 1.54) is 6.92 Å². The van der Waals surface area contributed by atoms with E-state index in [1.807, 2.05) is 0 Å². The zero-order valence-corrected chi connectivity index (χ0v) is 24.8. The largest absolute Gasteiger partial charge is 0.460 e. The van der Waals surface area contributed by atoms with Gasteiger partial charge in [0.2, 0.25) is 17.6 Å². The van der Waals surface area contributed by atoms with E-state index < -0.39 is 52.9 Å². The molecule has 0 aromatic rings. The second kappa shape index (κ2) is 10.9. The Balaban J connectivity index is 1.57. The van der Waals surface area contributed by atoms with Crippen molar-refractivity contribution in [2.75, 3.05) is 6.54 Å². The lowest BCUT2D eigenvalue weighted by Gasteiger charge is -2.38. The van der Waals surface area contributed by atoms with Gasteiger partial charge >= 0.3 is 5.97 Å². The molecule has 3 saturated carbocycles. The van der Waals surface area contributed by atoms with Crippen molar-refractivity contribution in [3.63, 3.8) is 0 Å². The molecule has 2 unspecified atom stereocenters. The number of Topliss-reactive ketones (excluding diaryl/α,β-unsaturated/α-hetero) is 3.